The molecule has 0 saturated heterocycles. The zero-order valence-electron chi connectivity index (χ0n) is 17.1. The van der Waals surface area contributed by atoms with Gasteiger partial charge in [0.1, 0.15) is 5.82 Å². The fraction of sp³-hybridized carbons (Fsp3) is 0.231. The third-order valence-corrected chi connectivity index (χ3v) is 5.31. The van der Waals surface area contributed by atoms with Crippen LogP contribution in [0, 0.1) is 0 Å². The van der Waals surface area contributed by atoms with E-state index >= 15 is 0 Å². The minimum Gasteiger partial charge on any atom is -0.356 e. The van der Waals surface area contributed by atoms with Crippen molar-refractivity contribution in [2.45, 2.75) is 32.2 Å². The van der Waals surface area contributed by atoms with Crippen LogP contribution in [0.15, 0.2) is 84.9 Å². The maximum Gasteiger partial charge on any atom is 0.224 e. The molecule has 1 heterocycles. The van der Waals surface area contributed by atoms with Crippen molar-refractivity contribution in [1.82, 2.24) is 14.9 Å². The Morgan fingerprint density at radius 2 is 1.47 bits per heavy atom. The SMILES string of the molecule is O=C(Cc1ccccc1)NCCCc1nc2ccccc2n1CCc1ccccc1. The van der Waals surface area contributed by atoms with E-state index in [2.05, 4.69) is 52.3 Å². The largest absolute Gasteiger partial charge is 0.356 e. The highest BCUT2D eigenvalue weighted by Gasteiger charge is 2.11. The van der Waals surface area contributed by atoms with Gasteiger partial charge in [-0.2, -0.15) is 0 Å². The van der Waals surface area contributed by atoms with E-state index in [1.807, 2.05) is 42.5 Å². The molecule has 152 valence electrons. The van der Waals surface area contributed by atoms with Crippen LogP contribution in [0.3, 0.4) is 0 Å². The Hall–Kier alpha value is -3.40. The van der Waals surface area contributed by atoms with Crippen molar-refractivity contribution in [3.05, 3.63) is 102 Å². The third-order valence-electron chi connectivity index (χ3n) is 5.31. The van der Waals surface area contributed by atoms with Crippen LogP contribution in [0.5, 0.6) is 0 Å². The van der Waals surface area contributed by atoms with E-state index in [-0.39, 0.29) is 5.91 Å². The summed E-state index contributed by atoms with van der Waals surface area (Å²) in [6.45, 7) is 1.56. The van der Waals surface area contributed by atoms with Crippen LogP contribution in [0.1, 0.15) is 23.4 Å². The van der Waals surface area contributed by atoms with Gasteiger partial charge in [0.25, 0.3) is 0 Å². The second-order valence-corrected chi connectivity index (χ2v) is 7.52. The normalized spacial score (nSPS) is 10.9. The first kappa shape index (κ1) is 19.9. The highest BCUT2D eigenvalue weighted by atomic mass is 16.1. The molecular formula is C26H27N3O. The summed E-state index contributed by atoms with van der Waals surface area (Å²) in [4.78, 5) is 17.0. The van der Waals surface area contributed by atoms with Gasteiger partial charge in [-0.15, -0.1) is 0 Å². The average molecular weight is 398 g/mol. The van der Waals surface area contributed by atoms with Crippen molar-refractivity contribution < 1.29 is 4.79 Å². The highest BCUT2D eigenvalue weighted by Crippen LogP contribution is 2.18. The molecule has 4 rings (SSSR count). The molecule has 1 amide bonds. The number of hydrogen-bond acceptors (Lipinski definition) is 2. The van der Waals surface area contributed by atoms with Crippen LogP contribution in [-0.4, -0.2) is 22.0 Å². The number of imidazole rings is 1. The Bertz CT molecular complexity index is 1090. The van der Waals surface area contributed by atoms with Crippen LogP contribution in [-0.2, 0) is 30.6 Å². The van der Waals surface area contributed by atoms with E-state index in [0.717, 1.165) is 42.7 Å². The third kappa shape index (κ3) is 5.15. The highest BCUT2D eigenvalue weighted by molar-refractivity contribution is 5.78. The van der Waals surface area contributed by atoms with Crippen LogP contribution < -0.4 is 5.32 Å². The topological polar surface area (TPSA) is 46.9 Å². The van der Waals surface area contributed by atoms with Gasteiger partial charge in [-0.25, -0.2) is 4.98 Å². The van der Waals surface area contributed by atoms with Crippen molar-refractivity contribution >= 4 is 16.9 Å². The van der Waals surface area contributed by atoms with Crippen LogP contribution in [0.25, 0.3) is 11.0 Å². The molecule has 4 heteroatoms. The summed E-state index contributed by atoms with van der Waals surface area (Å²) in [6.07, 6.45) is 3.11. The predicted molar refractivity (Wildman–Crippen MR) is 121 cm³/mol. The Morgan fingerprint density at radius 3 is 2.23 bits per heavy atom. The lowest BCUT2D eigenvalue weighted by atomic mass is 10.1. The molecule has 0 aliphatic carbocycles. The zero-order valence-corrected chi connectivity index (χ0v) is 17.1. The van der Waals surface area contributed by atoms with Gasteiger partial charge in [-0.05, 0) is 36.1 Å². The quantitative estimate of drug-likeness (QED) is 0.421. The lowest BCUT2D eigenvalue weighted by Crippen LogP contribution is -2.26. The van der Waals surface area contributed by atoms with E-state index in [1.165, 1.54) is 11.1 Å². The van der Waals surface area contributed by atoms with Crippen LogP contribution in [0.2, 0.25) is 0 Å². The molecule has 0 bridgehead atoms. The summed E-state index contributed by atoms with van der Waals surface area (Å²) in [5.41, 5.74) is 4.58. The summed E-state index contributed by atoms with van der Waals surface area (Å²) >= 11 is 0. The van der Waals surface area contributed by atoms with Crippen molar-refractivity contribution in [2.24, 2.45) is 0 Å². The molecular weight excluding hydrogens is 370 g/mol. The summed E-state index contributed by atoms with van der Waals surface area (Å²) < 4.78 is 2.33. The number of carbonyl (C=O) groups excluding carboxylic acids is 1. The first-order valence-corrected chi connectivity index (χ1v) is 10.6. The minimum atomic E-state index is 0.0683. The summed E-state index contributed by atoms with van der Waals surface area (Å²) in [7, 11) is 0. The number of fused-ring (bicyclic) bond motifs is 1. The lowest BCUT2D eigenvalue weighted by molar-refractivity contribution is -0.120. The van der Waals surface area contributed by atoms with E-state index in [0.29, 0.717) is 13.0 Å². The number of rotatable bonds is 9. The molecule has 0 spiro atoms. The fourth-order valence-electron chi connectivity index (χ4n) is 3.77. The molecule has 4 nitrogen and oxygen atoms in total. The fourth-order valence-corrected chi connectivity index (χ4v) is 3.77. The average Bonchev–Trinajstić information content (AvgIpc) is 3.14. The number of benzene rings is 3. The molecule has 0 radical (unpaired) electrons. The van der Waals surface area contributed by atoms with E-state index in [4.69, 9.17) is 4.98 Å². The van der Waals surface area contributed by atoms with Crippen molar-refractivity contribution in [3.8, 4) is 0 Å². The van der Waals surface area contributed by atoms with Crippen LogP contribution >= 0.6 is 0 Å². The number of carbonyl (C=O) groups is 1. The van der Waals surface area contributed by atoms with Gasteiger partial charge in [0.05, 0.1) is 17.5 Å². The number of aryl methyl sites for hydroxylation is 3. The molecule has 0 saturated carbocycles. The number of para-hydroxylation sites is 2. The van der Waals surface area contributed by atoms with E-state index in [1.54, 1.807) is 0 Å². The Balaban J connectivity index is 1.35. The van der Waals surface area contributed by atoms with Crippen molar-refractivity contribution in [2.75, 3.05) is 6.54 Å². The summed E-state index contributed by atoms with van der Waals surface area (Å²) in [5, 5.41) is 3.04. The monoisotopic (exact) mass is 397 g/mol. The molecule has 1 N–H and O–H groups in total. The van der Waals surface area contributed by atoms with Gasteiger partial charge in [0.15, 0.2) is 0 Å². The maximum atomic E-state index is 12.2. The second kappa shape index (κ2) is 9.88. The number of amides is 1. The molecule has 0 aliphatic heterocycles. The first-order valence-electron chi connectivity index (χ1n) is 10.6. The summed E-state index contributed by atoms with van der Waals surface area (Å²) in [6, 6.07) is 28.7. The van der Waals surface area contributed by atoms with E-state index < -0.39 is 0 Å². The van der Waals surface area contributed by atoms with Gasteiger partial charge in [0, 0.05) is 19.5 Å². The Morgan fingerprint density at radius 1 is 0.800 bits per heavy atom. The number of hydrogen-bond donors (Lipinski definition) is 1. The van der Waals surface area contributed by atoms with Gasteiger partial charge in [0.2, 0.25) is 5.91 Å². The molecule has 4 aromatic rings. The lowest BCUT2D eigenvalue weighted by Gasteiger charge is -2.10. The molecule has 0 atom stereocenters. The zero-order chi connectivity index (χ0) is 20.6. The minimum absolute atomic E-state index is 0.0683. The maximum absolute atomic E-state index is 12.2. The van der Waals surface area contributed by atoms with Gasteiger partial charge >= 0.3 is 0 Å². The number of nitrogens with one attached hydrogen (secondary N) is 1. The first-order chi connectivity index (χ1) is 14.8. The Kier molecular flexibility index (Phi) is 6.55. The standard InChI is InChI=1S/C26H27N3O/c30-26(20-22-12-5-2-6-13-22)27-18-9-16-25-28-23-14-7-8-15-24(23)29(25)19-17-21-10-3-1-4-11-21/h1-8,10-15H,9,16-20H2,(H,27,30). The summed E-state index contributed by atoms with van der Waals surface area (Å²) in [5.74, 6) is 1.16. The number of nitrogens with zero attached hydrogens (tertiary/aromatic N) is 2. The Labute approximate surface area is 177 Å². The second-order valence-electron chi connectivity index (χ2n) is 7.52. The smallest absolute Gasteiger partial charge is 0.224 e. The van der Waals surface area contributed by atoms with E-state index in [9.17, 15) is 4.79 Å². The van der Waals surface area contributed by atoms with Crippen molar-refractivity contribution in [3.63, 3.8) is 0 Å². The molecule has 0 aliphatic rings. The van der Waals surface area contributed by atoms with Crippen molar-refractivity contribution in [1.29, 1.82) is 0 Å². The molecule has 1 aromatic heterocycles. The predicted octanol–water partition coefficient (Wildman–Crippen LogP) is 4.57. The van der Waals surface area contributed by atoms with Gasteiger partial charge in [-0.3, -0.25) is 4.79 Å². The number of aromatic nitrogens is 2. The molecule has 0 fully saturated rings. The molecule has 30 heavy (non-hydrogen) atoms. The van der Waals surface area contributed by atoms with Gasteiger partial charge in [-0.1, -0.05) is 72.8 Å². The molecule has 3 aromatic carbocycles. The van der Waals surface area contributed by atoms with Crippen LogP contribution in [0.4, 0.5) is 0 Å². The van der Waals surface area contributed by atoms with Gasteiger partial charge < -0.3 is 9.88 Å². The molecule has 0 unspecified atom stereocenters.